The second-order valence-corrected chi connectivity index (χ2v) is 4.95. The van der Waals surface area contributed by atoms with E-state index in [4.69, 9.17) is 9.84 Å². The van der Waals surface area contributed by atoms with Crippen LogP contribution in [0.3, 0.4) is 0 Å². The molecule has 82 valence electrons. The standard InChI is InChI=1S/C10H18O3S/c1-3-9(10(11)12)14-6-8-5-4-7(2)13-8/h7-9H,3-6H2,1-2H3,(H,11,12). The van der Waals surface area contributed by atoms with Crippen LogP contribution < -0.4 is 0 Å². The molecule has 0 aromatic carbocycles. The van der Waals surface area contributed by atoms with Crippen molar-refractivity contribution in [3.8, 4) is 0 Å². The molecule has 0 aromatic heterocycles. The second kappa shape index (κ2) is 5.61. The Balaban J connectivity index is 2.22. The van der Waals surface area contributed by atoms with Gasteiger partial charge in [0.1, 0.15) is 5.25 Å². The number of carboxylic acid groups (broad SMARTS) is 1. The van der Waals surface area contributed by atoms with Gasteiger partial charge in [0, 0.05) is 5.75 Å². The van der Waals surface area contributed by atoms with E-state index in [1.807, 2.05) is 6.92 Å². The predicted octanol–water partition coefficient (Wildman–Crippen LogP) is 2.15. The molecule has 4 heteroatoms. The van der Waals surface area contributed by atoms with Gasteiger partial charge in [-0.1, -0.05) is 6.92 Å². The normalized spacial score (nSPS) is 29.0. The number of hydrogen-bond donors (Lipinski definition) is 1. The minimum Gasteiger partial charge on any atom is -0.480 e. The molecule has 0 radical (unpaired) electrons. The van der Waals surface area contributed by atoms with E-state index in [9.17, 15) is 4.79 Å². The first kappa shape index (κ1) is 11.9. The van der Waals surface area contributed by atoms with Gasteiger partial charge in [-0.25, -0.2) is 0 Å². The summed E-state index contributed by atoms with van der Waals surface area (Å²) in [6, 6.07) is 0. The Morgan fingerprint density at radius 1 is 1.64 bits per heavy atom. The minimum atomic E-state index is -0.705. The van der Waals surface area contributed by atoms with Crippen molar-refractivity contribution in [2.45, 2.75) is 50.6 Å². The lowest BCUT2D eigenvalue weighted by Gasteiger charge is -2.13. The monoisotopic (exact) mass is 218 g/mol. The minimum absolute atomic E-state index is 0.267. The Morgan fingerprint density at radius 3 is 2.79 bits per heavy atom. The molecule has 0 amide bonds. The molecule has 1 fully saturated rings. The van der Waals surface area contributed by atoms with Crippen molar-refractivity contribution in [3.63, 3.8) is 0 Å². The molecule has 0 aromatic rings. The Hall–Kier alpha value is -0.220. The van der Waals surface area contributed by atoms with Crippen LogP contribution in [0.15, 0.2) is 0 Å². The zero-order valence-corrected chi connectivity index (χ0v) is 9.55. The van der Waals surface area contributed by atoms with E-state index in [0.717, 1.165) is 18.6 Å². The van der Waals surface area contributed by atoms with Crippen molar-refractivity contribution in [2.24, 2.45) is 0 Å². The average Bonchev–Trinajstić information content (AvgIpc) is 2.52. The van der Waals surface area contributed by atoms with Crippen molar-refractivity contribution in [1.82, 2.24) is 0 Å². The summed E-state index contributed by atoms with van der Waals surface area (Å²) >= 11 is 1.50. The number of carboxylic acids is 1. The number of rotatable bonds is 5. The molecule has 1 saturated heterocycles. The summed E-state index contributed by atoms with van der Waals surface area (Å²) in [5.74, 6) is 0.110. The van der Waals surface area contributed by atoms with E-state index >= 15 is 0 Å². The van der Waals surface area contributed by atoms with Crippen molar-refractivity contribution >= 4 is 17.7 Å². The second-order valence-electron chi connectivity index (χ2n) is 3.71. The molecule has 1 N–H and O–H groups in total. The highest BCUT2D eigenvalue weighted by molar-refractivity contribution is 8.00. The Kier molecular flexibility index (Phi) is 4.75. The fraction of sp³-hybridized carbons (Fsp3) is 0.900. The Labute approximate surface area is 89.2 Å². The van der Waals surface area contributed by atoms with Crippen molar-refractivity contribution in [1.29, 1.82) is 0 Å². The molecule has 14 heavy (non-hydrogen) atoms. The molecular formula is C10H18O3S. The van der Waals surface area contributed by atoms with Crippen molar-refractivity contribution in [2.75, 3.05) is 5.75 Å². The molecule has 0 spiro atoms. The maximum atomic E-state index is 10.7. The first-order chi connectivity index (χ1) is 6.63. The first-order valence-electron chi connectivity index (χ1n) is 5.13. The fourth-order valence-electron chi connectivity index (χ4n) is 1.60. The smallest absolute Gasteiger partial charge is 0.316 e. The Bertz CT molecular complexity index is 196. The summed E-state index contributed by atoms with van der Waals surface area (Å²) in [6.45, 7) is 3.98. The molecule has 0 bridgehead atoms. The SMILES string of the molecule is CCC(SCC1CCC(C)O1)C(=O)O. The summed E-state index contributed by atoms with van der Waals surface area (Å²) in [5.41, 5.74) is 0. The van der Waals surface area contributed by atoms with E-state index < -0.39 is 5.97 Å². The quantitative estimate of drug-likeness (QED) is 0.768. The van der Waals surface area contributed by atoms with Crippen LogP contribution in [-0.4, -0.2) is 34.3 Å². The maximum absolute atomic E-state index is 10.7. The van der Waals surface area contributed by atoms with Gasteiger partial charge in [0.2, 0.25) is 0 Å². The highest BCUT2D eigenvalue weighted by Crippen LogP contribution is 2.25. The third kappa shape index (κ3) is 3.50. The van der Waals surface area contributed by atoms with Crippen LogP contribution in [0.4, 0.5) is 0 Å². The van der Waals surface area contributed by atoms with Gasteiger partial charge in [0.15, 0.2) is 0 Å². The van der Waals surface area contributed by atoms with Gasteiger partial charge < -0.3 is 9.84 Å². The van der Waals surface area contributed by atoms with Crippen LogP contribution in [0.2, 0.25) is 0 Å². The third-order valence-electron chi connectivity index (χ3n) is 2.45. The van der Waals surface area contributed by atoms with Crippen LogP contribution in [0.1, 0.15) is 33.1 Å². The topological polar surface area (TPSA) is 46.5 Å². The van der Waals surface area contributed by atoms with Gasteiger partial charge in [0.25, 0.3) is 0 Å². The zero-order valence-electron chi connectivity index (χ0n) is 8.73. The molecule has 1 aliphatic rings. The van der Waals surface area contributed by atoms with E-state index in [0.29, 0.717) is 12.5 Å². The fourth-order valence-corrected chi connectivity index (χ4v) is 2.67. The molecule has 3 unspecified atom stereocenters. The summed E-state index contributed by atoms with van der Waals surface area (Å²) in [6.07, 6.45) is 3.48. The van der Waals surface area contributed by atoms with E-state index in [1.54, 1.807) is 0 Å². The van der Waals surface area contributed by atoms with Crippen molar-refractivity contribution in [3.05, 3.63) is 0 Å². The summed E-state index contributed by atoms with van der Waals surface area (Å²) in [5, 5.41) is 8.57. The molecule has 1 heterocycles. The number of aliphatic carboxylic acids is 1. The van der Waals surface area contributed by atoms with Crippen LogP contribution in [-0.2, 0) is 9.53 Å². The lowest BCUT2D eigenvalue weighted by Crippen LogP contribution is -2.19. The van der Waals surface area contributed by atoms with Gasteiger partial charge in [-0.05, 0) is 26.2 Å². The molecule has 1 aliphatic heterocycles. The first-order valence-corrected chi connectivity index (χ1v) is 6.18. The van der Waals surface area contributed by atoms with Gasteiger partial charge in [-0.15, -0.1) is 11.8 Å². The van der Waals surface area contributed by atoms with E-state index in [1.165, 1.54) is 11.8 Å². The van der Waals surface area contributed by atoms with Gasteiger partial charge in [-0.3, -0.25) is 4.79 Å². The maximum Gasteiger partial charge on any atom is 0.316 e. The molecule has 3 nitrogen and oxygen atoms in total. The molecule has 0 saturated carbocycles. The van der Waals surface area contributed by atoms with Crippen LogP contribution in [0.5, 0.6) is 0 Å². The lowest BCUT2D eigenvalue weighted by atomic mass is 10.2. The van der Waals surface area contributed by atoms with Crippen LogP contribution in [0.25, 0.3) is 0 Å². The van der Waals surface area contributed by atoms with Gasteiger partial charge in [0.05, 0.1) is 12.2 Å². The van der Waals surface area contributed by atoms with E-state index in [-0.39, 0.29) is 11.4 Å². The molecule has 3 atom stereocenters. The lowest BCUT2D eigenvalue weighted by molar-refractivity contribution is -0.136. The van der Waals surface area contributed by atoms with Gasteiger partial charge in [-0.2, -0.15) is 0 Å². The third-order valence-corrected chi connectivity index (χ3v) is 3.95. The number of carbonyl (C=O) groups is 1. The summed E-state index contributed by atoms with van der Waals surface area (Å²) in [7, 11) is 0. The highest BCUT2D eigenvalue weighted by atomic mass is 32.2. The average molecular weight is 218 g/mol. The Morgan fingerprint density at radius 2 is 2.36 bits per heavy atom. The van der Waals surface area contributed by atoms with E-state index in [2.05, 4.69) is 6.92 Å². The molecule has 1 rings (SSSR count). The highest BCUT2D eigenvalue weighted by Gasteiger charge is 2.24. The number of ether oxygens (including phenoxy) is 1. The summed E-state index contributed by atoms with van der Waals surface area (Å²) in [4.78, 5) is 10.7. The van der Waals surface area contributed by atoms with Crippen LogP contribution in [0, 0.1) is 0 Å². The van der Waals surface area contributed by atoms with Crippen molar-refractivity contribution < 1.29 is 14.6 Å². The van der Waals surface area contributed by atoms with Crippen LogP contribution >= 0.6 is 11.8 Å². The molecular weight excluding hydrogens is 200 g/mol. The number of hydrogen-bond acceptors (Lipinski definition) is 3. The zero-order chi connectivity index (χ0) is 10.6. The summed E-state index contributed by atoms with van der Waals surface area (Å²) < 4.78 is 5.62. The number of thioether (sulfide) groups is 1. The molecule has 0 aliphatic carbocycles. The largest absolute Gasteiger partial charge is 0.480 e. The predicted molar refractivity (Wildman–Crippen MR) is 57.7 cm³/mol. The van der Waals surface area contributed by atoms with Gasteiger partial charge >= 0.3 is 5.97 Å².